The van der Waals surface area contributed by atoms with Crippen LogP contribution in [0, 0.1) is 13.8 Å². The van der Waals surface area contributed by atoms with E-state index in [0.29, 0.717) is 25.9 Å². The van der Waals surface area contributed by atoms with Gasteiger partial charge in [-0.3, -0.25) is 4.79 Å². The SMILES string of the molecule is COC1(OC)CCN(C(=O)COc2cccc(C)c2C)CC1. The number of benzene rings is 1. The Balaban J connectivity index is 1.87. The van der Waals surface area contributed by atoms with Crippen LogP contribution < -0.4 is 4.74 Å². The molecule has 5 nitrogen and oxygen atoms in total. The van der Waals surface area contributed by atoms with Crippen LogP contribution in [-0.2, 0) is 14.3 Å². The largest absolute Gasteiger partial charge is 0.483 e. The molecule has 22 heavy (non-hydrogen) atoms. The molecule has 0 unspecified atom stereocenters. The zero-order valence-corrected chi connectivity index (χ0v) is 13.8. The number of hydrogen-bond donors (Lipinski definition) is 0. The van der Waals surface area contributed by atoms with Crippen LogP contribution in [0.25, 0.3) is 0 Å². The highest BCUT2D eigenvalue weighted by atomic mass is 16.7. The summed E-state index contributed by atoms with van der Waals surface area (Å²) in [6.45, 7) is 5.34. The fourth-order valence-corrected chi connectivity index (χ4v) is 2.70. The van der Waals surface area contributed by atoms with E-state index in [0.717, 1.165) is 16.9 Å². The molecule has 1 fully saturated rings. The van der Waals surface area contributed by atoms with E-state index in [1.807, 2.05) is 32.0 Å². The molecule has 1 aliphatic rings. The third-order valence-corrected chi connectivity index (χ3v) is 4.53. The van der Waals surface area contributed by atoms with Crippen molar-refractivity contribution >= 4 is 5.91 Å². The average molecular weight is 307 g/mol. The van der Waals surface area contributed by atoms with Crippen LogP contribution in [0.1, 0.15) is 24.0 Å². The van der Waals surface area contributed by atoms with E-state index in [2.05, 4.69) is 0 Å². The number of likely N-dealkylation sites (tertiary alicyclic amines) is 1. The first-order chi connectivity index (χ1) is 10.5. The molecular weight excluding hydrogens is 282 g/mol. The van der Waals surface area contributed by atoms with Gasteiger partial charge in [-0.25, -0.2) is 0 Å². The molecule has 0 radical (unpaired) electrons. The van der Waals surface area contributed by atoms with Gasteiger partial charge < -0.3 is 19.1 Å². The Bertz CT molecular complexity index is 515. The molecule has 1 saturated heterocycles. The number of piperidine rings is 1. The molecule has 122 valence electrons. The van der Waals surface area contributed by atoms with Crippen molar-refractivity contribution in [2.45, 2.75) is 32.5 Å². The first-order valence-electron chi connectivity index (χ1n) is 7.58. The molecule has 2 rings (SSSR count). The first kappa shape index (κ1) is 16.8. The monoisotopic (exact) mass is 307 g/mol. The summed E-state index contributed by atoms with van der Waals surface area (Å²) in [5.41, 5.74) is 2.24. The smallest absolute Gasteiger partial charge is 0.260 e. The lowest BCUT2D eigenvalue weighted by molar-refractivity contribution is -0.228. The topological polar surface area (TPSA) is 48.0 Å². The quantitative estimate of drug-likeness (QED) is 0.783. The van der Waals surface area contributed by atoms with Gasteiger partial charge in [-0.2, -0.15) is 0 Å². The van der Waals surface area contributed by atoms with E-state index in [9.17, 15) is 4.79 Å². The summed E-state index contributed by atoms with van der Waals surface area (Å²) in [6.07, 6.45) is 1.35. The highest BCUT2D eigenvalue weighted by Crippen LogP contribution is 2.26. The average Bonchev–Trinajstić information content (AvgIpc) is 2.56. The highest BCUT2D eigenvalue weighted by Gasteiger charge is 2.35. The van der Waals surface area contributed by atoms with Gasteiger partial charge in [-0.15, -0.1) is 0 Å². The maximum absolute atomic E-state index is 12.3. The molecule has 0 bridgehead atoms. The van der Waals surface area contributed by atoms with Crippen molar-refractivity contribution in [3.63, 3.8) is 0 Å². The van der Waals surface area contributed by atoms with Crippen molar-refractivity contribution < 1.29 is 19.0 Å². The molecule has 0 aliphatic carbocycles. The summed E-state index contributed by atoms with van der Waals surface area (Å²) in [4.78, 5) is 14.1. The van der Waals surface area contributed by atoms with Crippen LogP contribution >= 0.6 is 0 Å². The predicted octanol–water partition coefficient (Wildman–Crippen LogP) is 2.29. The fraction of sp³-hybridized carbons (Fsp3) is 0.588. The van der Waals surface area contributed by atoms with Gasteiger partial charge in [0.1, 0.15) is 5.75 Å². The van der Waals surface area contributed by atoms with Gasteiger partial charge in [0.2, 0.25) is 0 Å². The Morgan fingerprint density at radius 1 is 1.18 bits per heavy atom. The van der Waals surface area contributed by atoms with E-state index in [4.69, 9.17) is 14.2 Å². The zero-order chi connectivity index (χ0) is 16.2. The molecule has 1 aromatic rings. The molecule has 1 heterocycles. The second-order valence-electron chi connectivity index (χ2n) is 5.69. The lowest BCUT2D eigenvalue weighted by Gasteiger charge is -2.39. The minimum Gasteiger partial charge on any atom is -0.483 e. The molecule has 0 N–H and O–H groups in total. The third kappa shape index (κ3) is 3.59. The number of nitrogens with zero attached hydrogens (tertiary/aromatic N) is 1. The zero-order valence-electron chi connectivity index (χ0n) is 13.8. The molecule has 0 spiro atoms. The number of carbonyl (C=O) groups excluding carboxylic acids is 1. The Morgan fingerprint density at radius 2 is 1.82 bits per heavy atom. The number of ether oxygens (including phenoxy) is 3. The summed E-state index contributed by atoms with van der Waals surface area (Å²) in [7, 11) is 3.29. The van der Waals surface area contributed by atoms with E-state index in [-0.39, 0.29) is 12.5 Å². The molecule has 0 atom stereocenters. The molecule has 1 aromatic carbocycles. The first-order valence-corrected chi connectivity index (χ1v) is 7.58. The Kier molecular flexibility index (Phi) is 5.42. The van der Waals surface area contributed by atoms with Gasteiger partial charge in [-0.1, -0.05) is 12.1 Å². The van der Waals surface area contributed by atoms with Crippen molar-refractivity contribution in [1.82, 2.24) is 4.90 Å². The number of carbonyl (C=O) groups is 1. The van der Waals surface area contributed by atoms with Crippen LogP contribution in [-0.4, -0.2) is 50.5 Å². The Hall–Kier alpha value is -1.59. The van der Waals surface area contributed by atoms with Gasteiger partial charge >= 0.3 is 0 Å². The summed E-state index contributed by atoms with van der Waals surface area (Å²) in [6, 6.07) is 5.87. The standard InChI is InChI=1S/C17H25NO4/c1-13-6-5-7-15(14(13)2)22-12-16(19)18-10-8-17(20-3,21-4)9-11-18/h5-7H,8-12H2,1-4H3. The van der Waals surface area contributed by atoms with Crippen LogP contribution in [0.3, 0.4) is 0 Å². The summed E-state index contributed by atoms with van der Waals surface area (Å²) < 4.78 is 16.5. The lowest BCUT2D eigenvalue weighted by Crippen LogP contribution is -2.49. The molecular formula is C17H25NO4. The number of hydrogen-bond acceptors (Lipinski definition) is 4. The van der Waals surface area contributed by atoms with E-state index >= 15 is 0 Å². The van der Waals surface area contributed by atoms with Crippen LogP contribution in [0.2, 0.25) is 0 Å². The van der Waals surface area contributed by atoms with Crippen LogP contribution in [0.15, 0.2) is 18.2 Å². The minimum absolute atomic E-state index is 0.00159. The lowest BCUT2D eigenvalue weighted by atomic mass is 10.0. The summed E-state index contributed by atoms with van der Waals surface area (Å²) in [5.74, 6) is 0.223. The predicted molar refractivity (Wildman–Crippen MR) is 84.0 cm³/mol. The molecule has 0 saturated carbocycles. The van der Waals surface area contributed by atoms with Crippen molar-refractivity contribution in [2.75, 3.05) is 33.9 Å². The molecule has 0 aromatic heterocycles. The normalized spacial score (nSPS) is 17.4. The number of rotatable bonds is 5. The number of methoxy groups -OCH3 is 2. The van der Waals surface area contributed by atoms with Gasteiger partial charge in [0.25, 0.3) is 5.91 Å². The highest BCUT2D eigenvalue weighted by molar-refractivity contribution is 5.78. The van der Waals surface area contributed by atoms with Crippen LogP contribution in [0.4, 0.5) is 0 Å². The van der Waals surface area contributed by atoms with Crippen molar-refractivity contribution in [3.8, 4) is 5.75 Å². The summed E-state index contributed by atoms with van der Waals surface area (Å²) >= 11 is 0. The van der Waals surface area contributed by atoms with Crippen molar-refractivity contribution in [1.29, 1.82) is 0 Å². The fourth-order valence-electron chi connectivity index (χ4n) is 2.70. The second kappa shape index (κ2) is 7.11. The molecule has 1 amide bonds. The maximum Gasteiger partial charge on any atom is 0.260 e. The number of amides is 1. The molecule has 5 heteroatoms. The van der Waals surface area contributed by atoms with E-state index < -0.39 is 5.79 Å². The summed E-state index contributed by atoms with van der Waals surface area (Å²) in [5, 5.41) is 0. The third-order valence-electron chi connectivity index (χ3n) is 4.53. The van der Waals surface area contributed by atoms with Crippen molar-refractivity contribution in [2.24, 2.45) is 0 Å². The second-order valence-corrected chi connectivity index (χ2v) is 5.69. The maximum atomic E-state index is 12.3. The van der Waals surface area contributed by atoms with Crippen LogP contribution in [0.5, 0.6) is 5.75 Å². The van der Waals surface area contributed by atoms with Gasteiger partial charge in [0.05, 0.1) is 0 Å². The Morgan fingerprint density at radius 3 is 2.41 bits per heavy atom. The molecule has 1 aliphatic heterocycles. The number of aryl methyl sites for hydroxylation is 1. The van der Waals surface area contributed by atoms with E-state index in [1.165, 1.54) is 0 Å². The van der Waals surface area contributed by atoms with E-state index in [1.54, 1.807) is 19.1 Å². The van der Waals surface area contributed by atoms with Crippen molar-refractivity contribution in [3.05, 3.63) is 29.3 Å². The Labute approximate surface area is 132 Å². The van der Waals surface area contributed by atoms with Gasteiger partial charge in [0, 0.05) is 40.2 Å². The minimum atomic E-state index is -0.551. The van der Waals surface area contributed by atoms with Gasteiger partial charge in [0.15, 0.2) is 12.4 Å². The van der Waals surface area contributed by atoms with Gasteiger partial charge in [-0.05, 0) is 31.0 Å².